The normalized spacial score (nSPS) is 9.68. The Morgan fingerprint density at radius 2 is 1.68 bits per heavy atom. The van der Waals surface area contributed by atoms with Crippen LogP contribution in [0.5, 0.6) is 5.75 Å². The highest BCUT2D eigenvalue weighted by Gasteiger charge is 2.09. The summed E-state index contributed by atoms with van der Waals surface area (Å²) >= 11 is 1.23. The van der Waals surface area contributed by atoms with E-state index in [9.17, 15) is 4.79 Å². The SMILES string of the molecule is CC.O=C(CSc1nccc(-c2ccccn2)n1)Oc1ccccc1. The van der Waals surface area contributed by atoms with Gasteiger partial charge in [-0.05, 0) is 30.3 Å². The van der Waals surface area contributed by atoms with E-state index < -0.39 is 0 Å². The second-order valence-electron chi connectivity index (χ2n) is 4.52. The van der Waals surface area contributed by atoms with Crippen molar-refractivity contribution in [2.75, 3.05) is 5.75 Å². The molecule has 0 saturated carbocycles. The zero-order valence-corrected chi connectivity index (χ0v) is 14.9. The molecule has 0 N–H and O–H groups in total. The van der Waals surface area contributed by atoms with Crippen molar-refractivity contribution in [3.05, 3.63) is 67.0 Å². The number of thioether (sulfide) groups is 1. The number of hydrogen-bond donors (Lipinski definition) is 0. The molecule has 3 rings (SSSR count). The molecule has 0 saturated heterocycles. The summed E-state index contributed by atoms with van der Waals surface area (Å²) in [4.78, 5) is 24.6. The lowest BCUT2D eigenvalue weighted by molar-refractivity contribution is -0.131. The number of aromatic nitrogens is 3. The van der Waals surface area contributed by atoms with E-state index >= 15 is 0 Å². The predicted octanol–water partition coefficient (Wildman–Crippen LogP) is 4.26. The largest absolute Gasteiger partial charge is 0.426 e. The highest BCUT2D eigenvalue weighted by molar-refractivity contribution is 7.99. The maximum absolute atomic E-state index is 11.8. The molecule has 5 nitrogen and oxygen atoms in total. The first-order valence-electron chi connectivity index (χ1n) is 7.94. The van der Waals surface area contributed by atoms with Gasteiger partial charge in [0.25, 0.3) is 0 Å². The Morgan fingerprint density at radius 1 is 0.920 bits per heavy atom. The third-order valence-electron chi connectivity index (χ3n) is 2.85. The summed E-state index contributed by atoms with van der Waals surface area (Å²) in [7, 11) is 0. The van der Waals surface area contributed by atoms with Crippen LogP contribution in [0.4, 0.5) is 0 Å². The van der Waals surface area contributed by atoms with Crippen LogP contribution in [0.1, 0.15) is 13.8 Å². The molecule has 0 fully saturated rings. The van der Waals surface area contributed by atoms with E-state index in [1.807, 2.05) is 50.2 Å². The molecule has 0 spiro atoms. The number of hydrogen-bond acceptors (Lipinski definition) is 6. The summed E-state index contributed by atoms with van der Waals surface area (Å²) in [6.07, 6.45) is 3.36. The summed E-state index contributed by atoms with van der Waals surface area (Å²) in [6, 6.07) is 16.4. The molecule has 0 aliphatic carbocycles. The van der Waals surface area contributed by atoms with Crippen LogP contribution in [-0.4, -0.2) is 26.7 Å². The number of benzene rings is 1. The fraction of sp³-hybridized carbons (Fsp3) is 0.158. The number of nitrogens with zero attached hydrogens (tertiary/aromatic N) is 3. The first-order valence-corrected chi connectivity index (χ1v) is 8.93. The van der Waals surface area contributed by atoms with Crippen molar-refractivity contribution in [1.29, 1.82) is 0 Å². The Kier molecular flexibility index (Phi) is 7.59. The number of ether oxygens (including phenoxy) is 1. The third kappa shape index (κ3) is 6.00. The summed E-state index contributed by atoms with van der Waals surface area (Å²) in [5.74, 6) is 0.329. The van der Waals surface area contributed by atoms with Gasteiger partial charge in [-0.2, -0.15) is 0 Å². The Labute approximate surface area is 151 Å². The summed E-state index contributed by atoms with van der Waals surface area (Å²) in [5.41, 5.74) is 1.49. The van der Waals surface area contributed by atoms with Crippen LogP contribution in [0.2, 0.25) is 0 Å². The van der Waals surface area contributed by atoms with Crippen LogP contribution in [-0.2, 0) is 4.79 Å². The van der Waals surface area contributed by atoms with E-state index in [1.165, 1.54) is 11.8 Å². The van der Waals surface area contributed by atoms with Gasteiger partial charge in [0.15, 0.2) is 5.16 Å². The van der Waals surface area contributed by atoms with Gasteiger partial charge in [0.05, 0.1) is 17.1 Å². The van der Waals surface area contributed by atoms with Gasteiger partial charge in [0.1, 0.15) is 5.75 Å². The van der Waals surface area contributed by atoms with Crippen molar-refractivity contribution in [3.8, 4) is 17.1 Å². The van der Waals surface area contributed by atoms with Gasteiger partial charge in [-0.25, -0.2) is 9.97 Å². The monoisotopic (exact) mass is 353 g/mol. The molecule has 2 aromatic heterocycles. The molecule has 3 aromatic rings. The van der Waals surface area contributed by atoms with Crippen molar-refractivity contribution in [2.45, 2.75) is 19.0 Å². The standard InChI is InChI=1S/C17H13N3O2S.C2H6/c21-16(22-13-6-2-1-3-7-13)12-23-17-19-11-9-15(20-17)14-8-4-5-10-18-14;1-2/h1-11H,12H2;1-2H3. The van der Waals surface area contributed by atoms with Crippen LogP contribution >= 0.6 is 11.8 Å². The molecule has 0 unspecified atom stereocenters. The lowest BCUT2D eigenvalue weighted by Crippen LogP contribution is -2.11. The lowest BCUT2D eigenvalue weighted by Gasteiger charge is -2.04. The second kappa shape index (κ2) is 10.2. The average Bonchev–Trinajstić information content (AvgIpc) is 2.70. The highest BCUT2D eigenvalue weighted by Crippen LogP contribution is 2.19. The van der Waals surface area contributed by atoms with E-state index in [-0.39, 0.29) is 11.7 Å². The van der Waals surface area contributed by atoms with Gasteiger partial charge in [-0.3, -0.25) is 9.78 Å². The van der Waals surface area contributed by atoms with Crippen LogP contribution in [0.3, 0.4) is 0 Å². The van der Waals surface area contributed by atoms with Gasteiger partial charge in [0, 0.05) is 12.4 Å². The maximum atomic E-state index is 11.8. The molecular formula is C19H19N3O2S. The number of carbonyl (C=O) groups is 1. The van der Waals surface area contributed by atoms with Crippen LogP contribution in [0.15, 0.2) is 72.1 Å². The van der Waals surface area contributed by atoms with Gasteiger partial charge in [0.2, 0.25) is 0 Å². The molecule has 25 heavy (non-hydrogen) atoms. The molecule has 6 heteroatoms. The molecule has 0 bridgehead atoms. The first kappa shape index (κ1) is 18.6. The molecule has 0 aliphatic heterocycles. The van der Waals surface area contributed by atoms with E-state index in [0.29, 0.717) is 10.9 Å². The molecule has 1 aromatic carbocycles. The van der Waals surface area contributed by atoms with Crippen molar-refractivity contribution in [3.63, 3.8) is 0 Å². The third-order valence-corrected chi connectivity index (χ3v) is 3.69. The number of carbonyl (C=O) groups excluding carboxylic acids is 1. The van der Waals surface area contributed by atoms with Crippen molar-refractivity contribution >= 4 is 17.7 Å². The van der Waals surface area contributed by atoms with Gasteiger partial charge in [-0.1, -0.05) is 49.9 Å². The molecular weight excluding hydrogens is 334 g/mol. The molecule has 128 valence electrons. The Balaban J connectivity index is 0.00000109. The van der Waals surface area contributed by atoms with Gasteiger partial charge < -0.3 is 4.74 Å². The second-order valence-corrected chi connectivity index (χ2v) is 5.46. The average molecular weight is 353 g/mol. The summed E-state index contributed by atoms with van der Waals surface area (Å²) in [5, 5.41) is 0.512. The minimum atomic E-state index is -0.340. The lowest BCUT2D eigenvalue weighted by atomic mass is 10.3. The smallest absolute Gasteiger partial charge is 0.321 e. The zero-order chi connectivity index (χ0) is 17.9. The number of rotatable bonds is 5. The van der Waals surface area contributed by atoms with Crippen molar-refractivity contribution in [1.82, 2.24) is 15.0 Å². The fourth-order valence-electron chi connectivity index (χ4n) is 1.84. The van der Waals surface area contributed by atoms with E-state index in [2.05, 4.69) is 15.0 Å². The van der Waals surface area contributed by atoms with E-state index in [4.69, 9.17) is 4.74 Å². The molecule has 0 atom stereocenters. The Morgan fingerprint density at radius 3 is 2.40 bits per heavy atom. The zero-order valence-electron chi connectivity index (χ0n) is 14.1. The van der Waals surface area contributed by atoms with Crippen molar-refractivity contribution in [2.24, 2.45) is 0 Å². The van der Waals surface area contributed by atoms with E-state index in [1.54, 1.807) is 30.6 Å². The highest BCUT2D eigenvalue weighted by atomic mass is 32.2. The van der Waals surface area contributed by atoms with Crippen LogP contribution in [0, 0.1) is 0 Å². The molecule has 0 amide bonds. The summed E-state index contributed by atoms with van der Waals surface area (Å²) in [6.45, 7) is 4.00. The van der Waals surface area contributed by atoms with E-state index in [0.717, 1.165) is 11.4 Å². The molecule has 0 radical (unpaired) electrons. The topological polar surface area (TPSA) is 65.0 Å². The molecule has 0 aliphatic rings. The van der Waals surface area contributed by atoms with Gasteiger partial charge >= 0.3 is 5.97 Å². The Bertz CT molecular complexity index is 783. The fourth-order valence-corrected chi connectivity index (χ4v) is 2.44. The van der Waals surface area contributed by atoms with Gasteiger partial charge in [-0.15, -0.1) is 0 Å². The number of pyridine rings is 1. The van der Waals surface area contributed by atoms with Crippen molar-refractivity contribution < 1.29 is 9.53 Å². The minimum Gasteiger partial charge on any atom is -0.426 e. The quantitative estimate of drug-likeness (QED) is 0.295. The first-order chi connectivity index (χ1) is 12.3. The maximum Gasteiger partial charge on any atom is 0.321 e. The Hall–Kier alpha value is -2.73. The van der Waals surface area contributed by atoms with Crippen LogP contribution in [0.25, 0.3) is 11.4 Å². The number of para-hydroxylation sites is 1. The minimum absolute atomic E-state index is 0.139. The summed E-state index contributed by atoms with van der Waals surface area (Å²) < 4.78 is 5.22. The predicted molar refractivity (Wildman–Crippen MR) is 99.4 cm³/mol. The van der Waals surface area contributed by atoms with Crippen LogP contribution < -0.4 is 4.74 Å². The number of esters is 1. The molecule has 2 heterocycles.